The Bertz CT molecular complexity index is 1290. The van der Waals surface area contributed by atoms with Gasteiger partial charge >= 0.3 is 0 Å². The molecule has 1 saturated carbocycles. The van der Waals surface area contributed by atoms with Crippen molar-refractivity contribution in [2.75, 3.05) is 19.6 Å². The number of likely N-dealkylation sites (tertiary alicyclic amines) is 1. The van der Waals surface area contributed by atoms with Crippen molar-refractivity contribution in [1.29, 1.82) is 0 Å². The minimum absolute atomic E-state index is 0.212. The van der Waals surface area contributed by atoms with Gasteiger partial charge in [0.15, 0.2) is 0 Å². The summed E-state index contributed by atoms with van der Waals surface area (Å²) < 4.78 is 7.89. The molecule has 0 spiro atoms. The van der Waals surface area contributed by atoms with Crippen LogP contribution in [0.3, 0.4) is 0 Å². The first kappa shape index (κ1) is 25.8. The van der Waals surface area contributed by atoms with Crippen molar-refractivity contribution in [1.82, 2.24) is 14.8 Å². The Hall–Kier alpha value is -2.87. The Balaban J connectivity index is 1.35. The van der Waals surface area contributed by atoms with Gasteiger partial charge in [-0.1, -0.05) is 29.8 Å². The predicted molar refractivity (Wildman–Crippen MR) is 144 cm³/mol. The molecular weight excluding hydrogens is 490 g/mol. The molecule has 5 rings (SSSR count). The van der Waals surface area contributed by atoms with Crippen molar-refractivity contribution in [3.05, 3.63) is 64.8 Å². The highest BCUT2D eigenvalue weighted by atomic mass is 35.5. The van der Waals surface area contributed by atoms with Gasteiger partial charge in [0.25, 0.3) is 5.91 Å². The predicted octanol–water partition coefficient (Wildman–Crippen LogP) is 4.91. The lowest BCUT2D eigenvalue weighted by Crippen LogP contribution is -2.48. The van der Waals surface area contributed by atoms with E-state index in [4.69, 9.17) is 16.3 Å². The van der Waals surface area contributed by atoms with Gasteiger partial charge in [-0.2, -0.15) is 0 Å². The molecule has 0 bridgehead atoms. The molecule has 0 unspecified atom stereocenters. The van der Waals surface area contributed by atoms with Gasteiger partial charge in [0.1, 0.15) is 11.9 Å². The molecule has 0 radical (unpaired) electrons. The number of fused-ring (bicyclic) bond motifs is 1. The number of carbonyl (C=O) groups is 2. The molecule has 196 valence electrons. The minimum atomic E-state index is -1.04. The minimum Gasteiger partial charge on any atom is -0.489 e. The number of Topliss-reactive ketones (excluding diaryl/α,β-unsaturated/α-hetero) is 1. The van der Waals surface area contributed by atoms with Crippen molar-refractivity contribution in [2.24, 2.45) is 0 Å². The quantitative estimate of drug-likeness (QED) is 0.291. The van der Waals surface area contributed by atoms with Gasteiger partial charge < -0.3 is 24.6 Å². The van der Waals surface area contributed by atoms with E-state index in [2.05, 4.69) is 28.6 Å². The van der Waals surface area contributed by atoms with E-state index in [-0.39, 0.29) is 12.1 Å². The van der Waals surface area contributed by atoms with Crippen LogP contribution >= 0.6 is 11.6 Å². The number of carbonyl (C=O) groups excluding carboxylic acids is 2. The average Bonchev–Trinajstić information content (AvgIpc) is 3.36. The zero-order valence-corrected chi connectivity index (χ0v) is 22.1. The monoisotopic (exact) mass is 523 g/mol. The Labute approximate surface area is 222 Å². The standard InChI is InChI=1S/C29H34ClN3O4/c1-18(2)33-14-11-19-5-6-21(16-25(19)33)28(35)29(36)31-24(17-32-12-3-4-13-32)27(34)20-7-10-26(23(30)15-20)37-22-8-9-22/h5-7,10-11,14-16,18,22,24,27,34H,3-4,8-9,12-13,17H2,1-2H3,(H,31,36)/t24-,27-/m1/s1. The lowest BCUT2D eigenvalue weighted by molar-refractivity contribution is -0.118. The molecule has 8 heteroatoms. The van der Waals surface area contributed by atoms with Crippen molar-refractivity contribution >= 4 is 34.2 Å². The van der Waals surface area contributed by atoms with Crippen LogP contribution in [0.4, 0.5) is 0 Å². The summed E-state index contributed by atoms with van der Waals surface area (Å²) in [5.41, 5.74) is 1.80. The van der Waals surface area contributed by atoms with E-state index in [1.54, 1.807) is 30.3 Å². The molecule has 1 amide bonds. The third-order valence-corrected chi connectivity index (χ3v) is 7.51. The Morgan fingerprint density at radius 2 is 1.86 bits per heavy atom. The van der Waals surface area contributed by atoms with Gasteiger partial charge in [-0.15, -0.1) is 0 Å². The van der Waals surface area contributed by atoms with Crippen molar-refractivity contribution in [3.63, 3.8) is 0 Å². The van der Waals surface area contributed by atoms with Gasteiger partial charge in [0, 0.05) is 29.9 Å². The number of hydrogen-bond donors (Lipinski definition) is 2. The molecule has 37 heavy (non-hydrogen) atoms. The maximum absolute atomic E-state index is 13.2. The van der Waals surface area contributed by atoms with E-state index in [0.717, 1.165) is 49.7 Å². The molecule has 2 heterocycles. The highest BCUT2D eigenvalue weighted by Gasteiger charge is 2.30. The second-order valence-electron chi connectivity index (χ2n) is 10.5. The van der Waals surface area contributed by atoms with E-state index < -0.39 is 23.8 Å². The van der Waals surface area contributed by atoms with E-state index in [1.165, 1.54) is 0 Å². The first-order valence-corrected chi connectivity index (χ1v) is 13.5. The van der Waals surface area contributed by atoms with Crippen LogP contribution in [0.15, 0.2) is 48.7 Å². The molecular formula is C29H34ClN3O4. The number of benzene rings is 2. The first-order chi connectivity index (χ1) is 17.8. The van der Waals surface area contributed by atoms with Gasteiger partial charge in [0.05, 0.1) is 17.2 Å². The van der Waals surface area contributed by atoms with Crippen LogP contribution in [-0.2, 0) is 4.79 Å². The lowest BCUT2D eigenvalue weighted by Gasteiger charge is -2.28. The number of halogens is 1. The highest BCUT2D eigenvalue weighted by molar-refractivity contribution is 6.43. The maximum Gasteiger partial charge on any atom is 0.292 e. The summed E-state index contributed by atoms with van der Waals surface area (Å²) in [6.07, 6.45) is 5.35. The molecule has 2 fully saturated rings. The van der Waals surface area contributed by atoms with Crippen LogP contribution in [0.25, 0.3) is 10.9 Å². The normalized spacial score (nSPS) is 17.8. The Morgan fingerprint density at radius 3 is 2.54 bits per heavy atom. The second kappa shape index (κ2) is 10.9. The van der Waals surface area contributed by atoms with Crippen LogP contribution in [-0.4, -0.2) is 58.0 Å². The highest BCUT2D eigenvalue weighted by Crippen LogP contribution is 2.34. The summed E-state index contributed by atoms with van der Waals surface area (Å²) in [4.78, 5) is 28.5. The molecule has 3 aromatic rings. The van der Waals surface area contributed by atoms with Crippen LogP contribution in [0.5, 0.6) is 5.75 Å². The number of ether oxygens (including phenoxy) is 1. The molecule has 2 aromatic carbocycles. The van der Waals surface area contributed by atoms with E-state index in [9.17, 15) is 14.7 Å². The molecule has 1 aromatic heterocycles. The van der Waals surface area contributed by atoms with Crippen LogP contribution in [0, 0.1) is 0 Å². The number of nitrogens with one attached hydrogen (secondary N) is 1. The third kappa shape index (κ3) is 5.84. The van der Waals surface area contributed by atoms with Crippen LogP contribution in [0.2, 0.25) is 5.02 Å². The zero-order chi connectivity index (χ0) is 26.1. The Kier molecular flexibility index (Phi) is 7.56. The number of hydrogen-bond acceptors (Lipinski definition) is 5. The van der Waals surface area contributed by atoms with Crippen molar-refractivity contribution in [3.8, 4) is 5.75 Å². The summed E-state index contributed by atoms with van der Waals surface area (Å²) in [7, 11) is 0. The lowest BCUT2D eigenvalue weighted by atomic mass is 10.0. The number of aliphatic hydroxyl groups excluding tert-OH is 1. The van der Waals surface area contributed by atoms with Gasteiger partial charge in [0.2, 0.25) is 5.78 Å². The average molecular weight is 524 g/mol. The van der Waals surface area contributed by atoms with Gasteiger partial charge in [-0.05, 0) is 87.8 Å². The first-order valence-electron chi connectivity index (χ1n) is 13.1. The maximum atomic E-state index is 13.2. The fraction of sp³-hybridized carbons (Fsp3) is 0.448. The molecule has 1 saturated heterocycles. The Morgan fingerprint density at radius 1 is 1.11 bits per heavy atom. The SMILES string of the molecule is CC(C)n1ccc2ccc(C(=O)C(=O)N[C@H](CN3CCCC3)[C@H](O)c3ccc(OC4CC4)c(Cl)c3)cc21. The smallest absolute Gasteiger partial charge is 0.292 e. The van der Waals surface area contributed by atoms with Gasteiger partial charge in [-0.3, -0.25) is 9.59 Å². The largest absolute Gasteiger partial charge is 0.489 e. The number of aliphatic hydroxyl groups is 1. The number of aromatic nitrogens is 1. The fourth-order valence-corrected chi connectivity index (χ4v) is 5.20. The summed E-state index contributed by atoms with van der Waals surface area (Å²) in [6, 6.07) is 12.1. The molecule has 2 atom stereocenters. The molecule has 7 nitrogen and oxygen atoms in total. The fourth-order valence-electron chi connectivity index (χ4n) is 4.97. The molecule has 1 aliphatic heterocycles. The number of amides is 1. The number of rotatable bonds is 10. The molecule has 2 N–H and O–H groups in total. The molecule has 2 aliphatic rings. The van der Waals surface area contributed by atoms with Crippen LogP contribution < -0.4 is 10.1 Å². The van der Waals surface area contributed by atoms with Crippen molar-refractivity contribution < 1.29 is 19.4 Å². The van der Waals surface area contributed by atoms with E-state index in [0.29, 0.717) is 28.4 Å². The number of ketones is 1. The zero-order valence-electron chi connectivity index (χ0n) is 21.3. The summed E-state index contributed by atoms with van der Waals surface area (Å²) in [6.45, 7) is 6.37. The third-order valence-electron chi connectivity index (χ3n) is 7.21. The molecule has 1 aliphatic carbocycles. The van der Waals surface area contributed by atoms with Gasteiger partial charge in [-0.25, -0.2) is 0 Å². The van der Waals surface area contributed by atoms with Crippen LogP contribution in [0.1, 0.15) is 67.6 Å². The van der Waals surface area contributed by atoms with E-state index in [1.807, 2.05) is 18.3 Å². The topological polar surface area (TPSA) is 83.8 Å². The summed E-state index contributed by atoms with van der Waals surface area (Å²) in [5, 5.41) is 15.6. The van der Waals surface area contributed by atoms with Crippen molar-refractivity contribution in [2.45, 2.75) is 63.8 Å². The summed E-state index contributed by atoms with van der Waals surface area (Å²) >= 11 is 6.44. The van der Waals surface area contributed by atoms with E-state index >= 15 is 0 Å². The summed E-state index contributed by atoms with van der Waals surface area (Å²) in [5.74, 6) is -0.759. The second-order valence-corrected chi connectivity index (χ2v) is 10.9. The number of nitrogens with zero attached hydrogens (tertiary/aromatic N) is 2.